The first-order valence-electron chi connectivity index (χ1n) is 9.13. The number of methoxy groups -OCH3 is 1. The Morgan fingerprint density at radius 3 is 2.50 bits per heavy atom. The average molecular weight is 507 g/mol. The fourth-order valence-electron chi connectivity index (χ4n) is 3.00. The lowest BCUT2D eigenvalue weighted by molar-refractivity contribution is 0.102. The Morgan fingerprint density at radius 2 is 1.78 bits per heavy atom. The number of nitrogens with zero attached hydrogens (tertiary/aromatic N) is 4. The largest absolute Gasteiger partial charge is 0.494 e. The minimum absolute atomic E-state index is 0.270. The van der Waals surface area contributed by atoms with E-state index in [1.54, 1.807) is 30.3 Å². The van der Waals surface area contributed by atoms with Crippen LogP contribution in [-0.4, -0.2) is 33.2 Å². The van der Waals surface area contributed by atoms with Crippen molar-refractivity contribution < 1.29 is 9.53 Å². The Morgan fingerprint density at radius 1 is 1.03 bits per heavy atom. The molecule has 1 amide bonds. The molecule has 0 aliphatic carbocycles. The van der Waals surface area contributed by atoms with Crippen molar-refractivity contribution in [1.29, 1.82) is 0 Å². The number of amides is 1. The molecule has 0 fully saturated rings. The molecule has 0 atom stereocenters. The predicted octanol–water partition coefficient (Wildman–Crippen LogP) is 6.19. The summed E-state index contributed by atoms with van der Waals surface area (Å²) in [7, 11) is 1.52. The van der Waals surface area contributed by atoms with Crippen molar-refractivity contribution in [1.82, 2.24) is 20.2 Å². The minimum Gasteiger partial charge on any atom is -0.494 e. The number of benzene rings is 1. The highest BCUT2D eigenvalue weighted by atomic mass is 35.5. The number of anilines is 1. The maximum atomic E-state index is 13.1. The van der Waals surface area contributed by atoms with Gasteiger partial charge in [0, 0.05) is 28.6 Å². The van der Waals surface area contributed by atoms with E-state index < -0.39 is 5.91 Å². The van der Waals surface area contributed by atoms with Crippen LogP contribution in [-0.2, 0) is 0 Å². The van der Waals surface area contributed by atoms with E-state index in [1.807, 2.05) is 6.92 Å². The van der Waals surface area contributed by atoms with Crippen LogP contribution in [0.2, 0.25) is 15.2 Å². The summed E-state index contributed by atoms with van der Waals surface area (Å²) >= 11 is 19.7. The summed E-state index contributed by atoms with van der Waals surface area (Å²) in [5.41, 5.74) is 2.79. The molecule has 0 unspecified atom stereocenters. The molecule has 0 bridgehead atoms. The third kappa shape index (κ3) is 4.54. The van der Waals surface area contributed by atoms with Gasteiger partial charge in [-0.2, -0.15) is 0 Å². The molecular weight excluding hydrogens is 493 g/mol. The van der Waals surface area contributed by atoms with Gasteiger partial charge in [0.25, 0.3) is 5.91 Å². The lowest BCUT2D eigenvalue weighted by Crippen LogP contribution is -2.14. The summed E-state index contributed by atoms with van der Waals surface area (Å²) in [6, 6.07) is 8.57. The smallest absolute Gasteiger partial charge is 0.259 e. The molecule has 0 saturated carbocycles. The van der Waals surface area contributed by atoms with Crippen LogP contribution in [0.3, 0.4) is 0 Å². The van der Waals surface area contributed by atoms with Crippen molar-refractivity contribution in [2.75, 3.05) is 12.4 Å². The zero-order chi connectivity index (χ0) is 22.8. The first-order chi connectivity index (χ1) is 15.4. The Labute approximate surface area is 202 Å². The van der Waals surface area contributed by atoms with Crippen molar-refractivity contribution in [2.45, 2.75) is 6.92 Å². The Kier molecular flexibility index (Phi) is 6.57. The van der Waals surface area contributed by atoms with Gasteiger partial charge in [-0.05, 0) is 31.2 Å². The van der Waals surface area contributed by atoms with Gasteiger partial charge in [0.2, 0.25) is 5.13 Å². The molecule has 32 heavy (non-hydrogen) atoms. The lowest BCUT2D eigenvalue weighted by Gasteiger charge is -2.13. The molecule has 0 saturated heterocycles. The van der Waals surface area contributed by atoms with E-state index in [-0.39, 0.29) is 10.3 Å². The molecule has 3 aromatic heterocycles. The van der Waals surface area contributed by atoms with E-state index >= 15 is 0 Å². The second kappa shape index (κ2) is 9.38. The summed E-state index contributed by atoms with van der Waals surface area (Å²) in [5.74, 6) is 0.0519. The summed E-state index contributed by atoms with van der Waals surface area (Å²) in [6.45, 7) is 1.82. The molecule has 4 aromatic rings. The second-order valence-electron chi connectivity index (χ2n) is 6.54. The number of aryl methyl sites for hydroxylation is 1. The Bertz CT molecular complexity index is 1310. The van der Waals surface area contributed by atoms with Gasteiger partial charge in [0.05, 0.1) is 28.9 Å². The van der Waals surface area contributed by atoms with E-state index in [2.05, 4.69) is 25.5 Å². The van der Waals surface area contributed by atoms with Crippen LogP contribution in [0.1, 0.15) is 16.1 Å². The van der Waals surface area contributed by atoms with Crippen LogP contribution in [0.4, 0.5) is 5.13 Å². The van der Waals surface area contributed by atoms with Crippen molar-refractivity contribution in [2.24, 2.45) is 0 Å². The van der Waals surface area contributed by atoms with Crippen LogP contribution >= 0.6 is 46.1 Å². The topological polar surface area (TPSA) is 89.9 Å². The molecule has 1 N–H and O–H groups in total. The molecule has 0 aliphatic rings. The first kappa shape index (κ1) is 22.4. The second-order valence-corrected chi connectivity index (χ2v) is 8.72. The maximum absolute atomic E-state index is 13.1. The number of nitrogens with one attached hydrogen (secondary N) is 1. The molecule has 0 spiro atoms. The first-order valence-corrected chi connectivity index (χ1v) is 11.1. The molecule has 1 aromatic carbocycles. The summed E-state index contributed by atoms with van der Waals surface area (Å²) in [5, 5.41) is 12.8. The van der Waals surface area contributed by atoms with Gasteiger partial charge < -0.3 is 4.74 Å². The van der Waals surface area contributed by atoms with Crippen molar-refractivity contribution in [3.05, 3.63) is 69.2 Å². The lowest BCUT2D eigenvalue weighted by atomic mass is 10.0. The van der Waals surface area contributed by atoms with E-state index in [9.17, 15) is 4.79 Å². The van der Waals surface area contributed by atoms with Gasteiger partial charge in [-0.1, -0.05) is 52.2 Å². The number of carbonyl (C=O) groups is 1. The Hall–Kier alpha value is -2.78. The van der Waals surface area contributed by atoms with E-state index in [0.717, 1.165) is 17.0 Å². The van der Waals surface area contributed by atoms with Crippen LogP contribution < -0.4 is 10.1 Å². The van der Waals surface area contributed by atoms with Crippen LogP contribution in [0.25, 0.3) is 21.7 Å². The minimum atomic E-state index is -0.421. The number of halogens is 3. The highest BCUT2D eigenvalue weighted by molar-refractivity contribution is 7.18. The maximum Gasteiger partial charge on any atom is 0.259 e. The van der Waals surface area contributed by atoms with Gasteiger partial charge in [-0.15, -0.1) is 10.2 Å². The number of aromatic nitrogens is 4. The van der Waals surface area contributed by atoms with Crippen molar-refractivity contribution in [3.63, 3.8) is 0 Å². The van der Waals surface area contributed by atoms with Crippen LogP contribution in [0.15, 0.2) is 42.7 Å². The zero-order valence-electron chi connectivity index (χ0n) is 16.7. The third-order valence-electron chi connectivity index (χ3n) is 4.45. The summed E-state index contributed by atoms with van der Waals surface area (Å²) in [6.07, 6.45) is 2.99. The monoisotopic (exact) mass is 505 g/mol. The zero-order valence-corrected chi connectivity index (χ0v) is 19.8. The molecule has 162 valence electrons. The standard InChI is InChI=1S/C21H14Cl3N5O2S/c1-10-6-11(12-7-17(24)26-9-16(12)31-2)13(8-25-10)19(30)27-21-29-28-20(32-21)18-14(22)4-3-5-15(18)23/h3-9H,1-2H3,(H,27,29,30). The summed E-state index contributed by atoms with van der Waals surface area (Å²) in [4.78, 5) is 21.4. The molecule has 0 aliphatic heterocycles. The quantitative estimate of drug-likeness (QED) is 0.325. The number of pyridine rings is 2. The molecular formula is C21H14Cl3N5O2S. The molecule has 4 rings (SSSR count). The van der Waals surface area contributed by atoms with Gasteiger partial charge in [0.15, 0.2) is 5.01 Å². The summed E-state index contributed by atoms with van der Waals surface area (Å²) < 4.78 is 5.40. The average Bonchev–Trinajstić information content (AvgIpc) is 3.21. The van der Waals surface area contributed by atoms with Crippen LogP contribution in [0.5, 0.6) is 5.75 Å². The molecule has 0 radical (unpaired) electrons. The van der Waals surface area contributed by atoms with Gasteiger partial charge in [-0.25, -0.2) is 4.98 Å². The van der Waals surface area contributed by atoms with Gasteiger partial charge >= 0.3 is 0 Å². The molecule has 3 heterocycles. The fraction of sp³-hybridized carbons (Fsp3) is 0.0952. The van der Waals surface area contributed by atoms with E-state index in [0.29, 0.717) is 43.1 Å². The Balaban J connectivity index is 1.69. The van der Waals surface area contributed by atoms with Gasteiger partial charge in [0.1, 0.15) is 10.9 Å². The third-order valence-corrected chi connectivity index (χ3v) is 6.14. The van der Waals surface area contributed by atoms with Crippen LogP contribution in [0, 0.1) is 6.92 Å². The molecule has 11 heteroatoms. The highest BCUT2D eigenvalue weighted by Crippen LogP contribution is 2.38. The SMILES string of the molecule is COc1cnc(Cl)cc1-c1cc(C)ncc1C(=O)Nc1nnc(-c2c(Cl)cccc2Cl)s1. The number of hydrogen-bond donors (Lipinski definition) is 1. The number of ether oxygens (including phenoxy) is 1. The van der Waals surface area contributed by atoms with Crippen molar-refractivity contribution >= 4 is 57.2 Å². The van der Waals surface area contributed by atoms with Gasteiger partial charge in [-0.3, -0.25) is 15.1 Å². The highest BCUT2D eigenvalue weighted by Gasteiger charge is 2.20. The predicted molar refractivity (Wildman–Crippen MR) is 127 cm³/mol. The van der Waals surface area contributed by atoms with E-state index in [1.165, 1.54) is 19.5 Å². The van der Waals surface area contributed by atoms with E-state index in [4.69, 9.17) is 39.5 Å². The number of carbonyl (C=O) groups excluding carboxylic acids is 1. The normalized spacial score (nSPS) is 10.8. The number of hydrogen-bond acceptors (Lipinski definition) is 7. The number of rotatable bonds is 5. The van der Waals surface area contributed by atoms with Crippen molar-refractivity contribution in [3.8, 4) is 27.4 Å². The molecule has 7 nitrogen and oxygen atoms in total. The fourth-order valence-corrected chi connectivity index (χ4v) is 4.65.